The molecular weight excluding hydrogens is 374 g/mol. The van der Waals surface area contributed by atoms with Gasteiger partial charge in [-0.15, -0.1) is 0 Å². The highest BCUT2D eigenvalue weighted by Gasteiger charge is 2.26. The van der Waals surface area contributed by atoms with Crippen LogP contribution in [0.5, 0.6) is 0 Å². The molecule has 0 radical (unpaired) electrons. The summed E-state index contributed by atoms with van der Waals surface area (Å²) in [4.78, 5) is 12.4. The van der Waals surface area contributed by atoms with Crippen LogP contribution < -0.4 is 5.43 Å². The van der Waals surface area contributed by atoms with Gasteiger partial charge in [-0.25, -0.2) is 13.8 Å². The number of sulfonamides is 1. The number of carbonyl (C=O) groups is 1. The summed E-state index contributed by atoms with van der Waals surface area (Å²) >= 11 is 0. The third kappa shape index (κ3) is 5.15. The zero-order chi connectivity index (χ0) is 19.8. The first-order valence-corrected chi connectivity index (χ1v) is 10.7. The summed E-state index contributed by atoms with van der Waals surface area (Å²) in [5, 5.41) is 3.87. The zero-order valence-corrected chi connectivity index (χ0v) is 16.3. The molecule has 0 unspecified atom stereocenters. The van der Waals surface area contributed by atoms with E-state index in [0.29, 0.717) is 13.1 Å². The molecular formula is C21H23N3O3S. The van der Waals surface area contributed by atoms with Gasteiger partial charge in [-0.2, -0.15) is 9.41 Å². The Morgan fingerprint density at radius 3 is 2.50 bits per heavy atom. The van der Waals surface area contributed by atoms with Crippen molar-refractivity contribution in [2.75, 3.05) is 13.1 Å². The van der Waals surface area contributed by atoms with E-state index >= 15 is 0 Å². The molecule has 1 fully saturated rings. The normalized spacial score (nSPS) is 15.9. The van der Waals surface area contributed by atoms with Crippen LogP contribution in [-0.4, -0.2) is 37.9 Å². The van der Waals surface area contributed by atoms with Gasteiger partial charge in [0.1, 0.15) is 0 Å². The average Bonchev–Trinajstić information content (AvgIpc) is 2.75. The Morgan fingerprint density at radius 1 is 1.00 bits per heavy atom. The Kier molecular flexibility index (Phi) is 6.73. The van der Waals surface area contributed by atoms with Crippen molar-refractivity contribution >= 4 is 28.2 Å². The van der Waals surface area contributed by atoms with Crippen molar-refractivity contribution in [3.8, 4) is 0 Å². The van der Waals surface area contributed by atoms with E-state index in [1.165, 1.54) is 22.7 Å². The number of hydrogen-bond donors (Lipinski definition) is 1. The summed E-state index contributed by atoms with van der Waals surface area (Å²) in [5.74, 6) is -0.458. The topological polar surface area (TPSA) is 78.8 Å². The van der Waals surface area contributed by atoms with Crippen LogP contribution in [0.25, 0.3) is 6.08 Å². The second-order valence-electron chi connectivity index (χ2n) is 6.48. The van der Waals surface area contributed by atoms with Crippen LogP contribution in [0.15, 0.2) is 70.7 Å². The molecule has 2 aromatic carbocycles. The molecule has 1 aliphatic rings. The molecule has 1 N–H and O–H groups in total. The summed E-state index contributed by atoms with van der Waals surface area (Å²) in [6, 6.07) is 15.8. The van der Waals surface area contributed by atoms with Crippen molar-refractivity contribution in [2.24, 2.45) is 5.10 Å². The maximum absolute atomic E-state index is 12.8. The van der Waals surface area contributed by atoms with Gasteiger partial charge in [-0.3, -0.25) is 4.79 Å². The summed E-state index contributed by atoms with van der Waals surface area (Å²) in [6.07, 6.45) is 7.83. The number of allylic oxidation sites excluding steroid dienone is 1. The van der Waals surface area contributed by atoms with Crippen molar-refractivity contribution in [3.63, 3.8) is 0 Å². The third-order valence-corrected chi connectivity index (χ3v) is 6.36. The van der Waals surface area contributed by atoms with Gasteiger partial charge in [0.15, 0.2) is 0 Å². The average molecular weight is 398 g/mol. The van der Waals surface area contributed by atoms with Crippen LogP contribution >= 0.6 is 0 Å². The predicted octanol–water partition coefficient (Wildman–Crippen LogP) is 3.29. The predicted molar refractivity (Wildman–Crippen MR) is 110 cm³/mol. The van der Waals surface area contributed by atoms with E-state index in [1.54, 1.807) is 18.2 Å². The van der Waals surface area contributed by atoms with Gasteiger partial charge in [0.05, 0.1) is 4.90 Å². The van der Waals surface area contributed by atoms with E-state index in [9.17, 15) is 13.2 Å². The molecule has 0 saturated carbocycles. The van der Waals surface area contributed by atoms with Gasteiger partial charge in [0.2, 0.25) is 10.0 Å². The maximum Gasteiger partial charge on any atom is 0.271 e. The van der Waals surface area contributed by atoms with Gasteiger partial charge < -0.3 is 0 Å². The molecule has 1 aliphatic heterocycles. The number of hydrogen-bond acceptors (Lipinski definition) is 4. The molecule has 0 atom stereocenters. The van der Waals surface area contributed by atoms with Crippen LogP contribution in [0, 0.1) is 0 Å². The van der Waals surface area contributed by atoms with Gasteiger partial charge >= 0.3 is 0 Å². The third-order valence-electron chi connectivity index (χ3n) is 4.46. The molecule has 1 saturated heterocycles. The van der Waals surface area contributed by atoms with Crippen molar-refractivity contribution in [1.82, 2.24) is 9.73 Å². The molecule has 7 heteroatoms. The van der Waals surface area contributed by atoms with E-state index < -0.39 is 15.9 Å². The molecule has 0 bridgehead atoms. The minimum Gasteiger partial charge on any atom is -0.267 e. The van der Waals surface area contributed by atoms with Crippen molar-refractivity contribution < 1.29 is 13.2 Å². The van der Waals surface area contributed by atoms with Crippen LogP contribution in [0.2, 0.25) is 0 Å². The van der Waals surface area contributed by atoms with Gasteiger partial charge in [-0.1, -0.05) is 48.9 Å². The highest BCUT2D eigenvalue weighted by molar-refractivity contribution is 7.89. The lowest BCUT2D eigenvalue weighted by molar-refractivity contribution is 0.0955. The summed E-state index contributed by atoms with van der Waals surface area (Å²) < 4.78 is 27.0. The number of nitrogens with zero attached hydrogens (tertiary/aromatic N) is 2. The molecule has 3 rings (SSSR count). The fraction of sp³-hybridized carbons (Fsp3) is 0.238. The molecule has 2 aromatic rings. The second kappa shape index (κ2) is 9.43. The van der Waals surface area contributed by atoms with Gasteiger partial charge in [0.25, 0.3) is 5.91 Å². The van der Waals surface area contributed by atoms with Gasteiger partial charge in [0, 0.05) is 24.9 Å². The molecule has 146 valence electrons. The van der Waals surface area contributed by atoms with E-state index in [2.05, 4.69) is 10.5 Å². The summed E-state index contributed by atoms with van der Waals surface area (Å²) in [6.45, 7) is 1.05. The van der Waals surface area contributed by atoms with Crippen LogP contribution in [0.3, 0.4) is 0 Å². The maximum atomic E-state index is 12.8. The number of hydrazone groups is 1. The molecule has 0 aromatic heterocycles. The Balaban J connectivity index is 1.63. The van der Waals surface area contributed by atoms with Gasteiger partial charge in [-0.05, 0) is 42.7 Å². The number of benzene rings is 2. The first kappa shape index (κ1) is 20.0. The fourth-order valence-corrected chi connectivity index (χ4v) is 4.54. The quantitative estimate of drug-likeness (QED) is 0.600. The number of nitrogens with one attached hydrogen (secondary N) is 1. The van der Waals surface area contributed by atoms with Crippen LogP contribution in [0.4, 0.5) is 0 Å². The minimum absolute atomic E-state index is 0.134. The largest absolute Gasteiger partial charge is 0.271 e. The fourth-order valence-electron chi connectivity index (χ4n) is 2.97. The second-order valence-corrected chi connectivity index (χ2v) is 8.42. The highest BCUT2D eigenvalue weighted by Crippen LogP contribution is 2.21. The van der Waals surface area contributed by atoms with Crippen LogP contribution in [0.1, 0.15) is 35.2 Å². The number of carbonyl (C=O) groups excluding carboxylic acids is 1. The number of amides is 1. The molecule has 1 heterocycles. The highest BCUT2D eigenvalue weighted by atomic mass is 32.2. The minimum atomic E-state index is -3.57. The SMILES string of the molecule is O=C(N/N=C/C=C/c1ccccc1)c1cccc(S(=O)(=O)N2CCCCC2)c1. The molecule has 1 amide bonds. The lowest BCUT2D eigenvalue weighted by Gasteiger charge is -2.25. The van der Waals surface area contributed by atoms with E-state index in [-0.39, 0.29) is 10.5 Å². The monoisotopic (exact) mass is 397 g/mol. The van der Waals surface area contributed by atoms with Crippen molar-refractivity contribution in [3.05, 3.63) is 71.8 Å². The Bertz CT molecular complexity index is 963. The molecule has 6 nitrogen and oxygen atoms in total. The summed E-state index contributed by atoms with van der Waals surface area (Å²) in [7, 11) is -3.57. The van der Waals surface area contributed by atoms with E-state index in [0.717, 1.165) is 24.8 Å². The molecule has 0 spiro atoms. The first-order valence-electron chi connectivity index (χ1n) is 9.23. The smallest absolute Gasteiger partial charge is 0.267 e. The molecule has 28 heavy (non-hydrogen) atoms. The summed E-state index contributed by atoms with van der Waals surface area (Å²) in [5.41, 5.74) is 3.69. The van der Waals surface area contributed by atoms with E-state index in [4.69, 9.17) is 0 Å². The Morgan fingerprint density at radius 2 is 1.75 bits per heavy atom. The lowest BCUT2D eigenvalue weighted by Crippen LogP contribution is -2.35. The van der Waals surface area contributed by atoms with Crippen molar-refractivity contribution in [2.45, 2.75) is 24.2 Å². The van der Waals surface area contributed by atoms with Crippen molar-refractivity contribution in [1.29, 1.82) is 0 Å². The first-order chi connectivity index (χ1) is 13.6. The zero-order valence-electron chi connectivity index (χ0n) is 15.5. The Hall–Kier alpha value is -2.77. The Labute approximate surface area is 165 Å². The van der Waals surface area contributed by atoms with E-state index in [1.807, 2.05) is 36.4 Å². The number of piperidine rings is 1. The standard InChI is InChI=1S/C21H23N3O3S/c25-21(23-22-14-8-11-18-9-3-1-4-10-18)19-12-7-13-20(17-19)28(26,27)24-15-5-2-6-16-24/h1,3-4,7-14,17H,2,5-6,15-16H2,(H,23,25)/b11-8+,22-14+. The number of rotatable bonds is 6. The molecule has 0 aliphatic carbocycles. The lowest BCUT2D eigenvalue weighted by atomic mass is 10.2. The van der Waals surface area contributed by atoms with Crippen LogP contribution in [-0.2, 0) is 10.0 Å².